The number of aromatic nitrogens is 2. The van der Waals surface area contributed by atoms with Gasteiger partial charge in [-0.25, -0.2) is 4.98 Å². The Labute approximate surface area is 111 Å². The van der Waals surface area contributed by atoms with Crippen LogP contribution < -0.4 is 5.32 Å². The van der Waals surface area contributed by atoms with Crippen LogP contribution in [0.15, 0.2) is 48.5 Å². The van der Waals surface area contributed by atoms with Gasteiger partial charge in [0.05, 0.1) is 17.1 Å². The van der Waals surface area contributed by atoms with Crippen LogP contribution in [0.5, 0.6) is 0 Å². The van der Waals surface area contributed by atoms with Gasteiger partial charge in [-0.3, -0.25) is 0 Å². The highest BCUT2D eigenvalue weighted by molar-refractivity contribution is 5.77. The van der Waals surface area contributed by atoms with E-state index in [1.54, 1.807) is 0 Å². The van der Waals surface area contributed by atoms with E-state index in [0.29, 0.717) is 6.04 Å². The van der Waals surface area contributed by atoms with Crippen LogP contribution in [0.25, 0.3) is 11.0 Å². The van der Waals surface area contributed by atoms with Gasteiger partial charge in [-0.05, 0) is 36.1 Å². The topological polar surface area (TPSA) is 40.7 Å². The minimum absolute atomic E-state index is 0.372. The second kappa shape index (κ2) is 4.12. The maximum Gasteiger partial charge on any atom is 0.201 e. The summed E-state index contributed by atoms with van der Waals surface area (Å²) in [6.07, 6.45) is 2.28. The second-order valence-electron chi connectivity index (χ2n) is 5.04. The minimum Gasteiger partial charge on any atom is -0.349 e. The van der Waals surface area contributed by atoms with Gasteiger partial charge in [0, 0.05) is 0 Å². The normalized spacial score (nSPS) is 17.6. The number of hydrogen-bond donors (Lipinski definition) is 2. The van der Waals surface area contributed by atoms with Crippen LogP contribution in [-0.2, 0) is 6.42 Å². The molecule has 3 nitrogen and oxygen atoms in total. The van der Waals surface area contributed by atoms with E-state index in [1.807, 2.05) is 18.2 Å². The van der Waals surface area contributed by atoms with E-state index in [9.17, 15) is 0 Å². The minimum atomic E-state index is 0.372. The molecule has 0 bridgehead atoms. The smallest absolute Gasteiger partial charge is 0.201 e. The first-order chi connectivity index (χ1) is 9.40. The molecule has 1 aliphatic rings. The highest BCUT2D eigenvalue weighted by Crippen LogP contribution is 2.33. The molecule has 19 heavy (non-hydrogen) atoms. The van der Waals surface area contributed by atoms with Crippen LogP contribution in [0.4, 0.5) is 5.95 Å². The average molecular weight is 249 g/mol. The third kappa shape index (κ3) is 1.78. The summed E-state index contributed by atoms with van der Waals surface area (Å²) in [6, 6.07) is 17.1. The number of rotatable bonds is 2. The number of fused-ring (bicyclic) bond motifs is 2. The molecule has 2 N–H and O–H groups in total. The number of H-pyrrole nitrogens is 1. The summed E-state index contributed by atoms with van der Waals surface area (Å²) >= 11 is 0. The molecule has 1 atom stereocenters. The number of aryl methyl sites for hydroxylation is 1. The molecule has 1 heterocycles. The zero-order valence-electron chi connectivity index (χ0n) is 10.6. The van der Waals surface area contributed by atoms with Crippen molar-refractivity contribution in [3.8, 4) is 0 Å². The Kier molecular flexibility index (Phi) is 2.30. The lowest BCUT2D eigenvalue weighted by atomic mass is 10.1. The lowest BCUT2D eigenvalue weighted by molar-refractivity contribution is 0.754. The molecule has 0 saturated carbocycles. The Bertz CT molecular complexity index is 696. The van der Waals surface area contributed by atoms with Gasteiger partial charge in [-0.1, -0.05) is 36.4 Å². The highest BCUT2D eigenvalue weighted by atomic mass is 15.1. The van der Waals surface area contributed by atoms with E-state index in [1.165, 1.54) is 11.1 Å². The summed E-state index contributed by atoms with van der Waals surface area (Å²) in [5.74, 6) is 0.864. The zero-order valence-corrected chi connectivity index (χ0v) is 10.6. The molecule has 0 spiro atoms. The third-order valence-electron chi connectivity index (χ3n) is 3.83. The van der Waals surface area contributed by atoms with Crippen molar-refractivity contribution in [3.05, 3.63) is 59.7 Å². The number of nitrogens with zero attached hydrogens (tertiary/aromatic N) is 1. The lowest BCUT2D eigenvalue weighted by Crippen LogP contribution is -2.08. The number of imidazole rings is 1. The van der Waals surface area contributed by atoms with E-state index in [4.69, 9.17) is 0 Å². The summed E-state index contributed by atoms with van der Waals surface area (Å²) in [7, 11) is 0. The Hall–Kier alpha value is -2.29. The zero-order chi connectivity index (χ0) is 12.7. The van der Waals surface area contributed by atoms with Crippen LogP contribution in [-0.4, -0.2) is 9.97 Å². The van der Waals surface area contributed by atoms with E-state index in [-0.39, 0.29) is 0 Å². The van der Waals surface area contributed by atoms with Crippen molar-refractivity contribution in [1.82, 2.24) is 9.97 Å². The molecule has 3 heteroatoms. The van der Waals surface area contributed by atoms with Gasteiger partial charge in [0.2, 0.25) is 5.95 Å². The Morgan fingerprint density at radius 3 is 2.84 bits per heavy atom. The molecule has 0 aliphatic heterocycles. The SMILES string of the molecule is c1ccc2c(c1)CCC2Nc1nc2ccccc2[nH]1. The number of nitrogens with one attached hydrogen (secondary N) is 2. The highest BCUT2D eigenvalue weighted by Gasteiger charge is 2.22. The van der Waals surface area contributed by atoms with Crippen molar-refractivity contribution < 1.29 is 0 Å². The number of benzene rings is 2. The van der Waals surface area contributed by atoms with Gasteiger partial charge >= 0.3 is 0 Å². The number of hydrogen-bond acceptors (Lipinski definition) is 2. The fourth-order valence-corrected chi connectivity index (χ4v) is 2.89. The summed E-state index contributed by atoms with van der Waals surface area (Å²) in [4.78, 5) is 7.91. The van der Waals surface area contributed by atoms with Crippen molar-refractivity contribution in [1.29, 1.82) is 0 Å². The number of anilines is 1. The van der Waals surface area contributed by atoms with Crippen molar-refractivity contribution in [2.75, 3.05) is 5.32 Å². The first-order valence-electron chi connectivity index (χ1n) is 6.69. The monoisotopic (exact) mass is 249 g/mol. The van der Waals surface area contributed by atoms with Gasteiger partial charge in [-0.2, -0.15) is 0 Å². The summed E-state index contributed by atoms with van der Waals surface area (Å²) in [6.45, 7) is 0. The Morgan fingerprint density at radius 1 is 1.05 bits per heavy atom. The first kappa shape index (κ1) is 10.6. The standard InChI is InChI=1S/C16H15N3/c1-2-6-12-11(5-1)9-10-13(12)17-16-18-14-7-3-4-8-15(14)19-16/h1-8,13H,9-10H2,(H2,17,18,19). The molecule has 0 amide bonds. The summed E-state index contributed by atoms with van der Waals surface area (Å²) in [5, 5.41) is 3.52. The summed E-state index contributed by atoms with van der Waals surface area (Å²) < 4.78 is 0. The predicted molar refractivity (Wildman–Crippen MR) is 77.2 cm³/mol. The first-order valence-corrected chi connectivity index (χ1v) is 6.69. The second-order valence-corrected chi connectivity index (χ2v) is 5.04. The third-order valence-corrected chi connectivity index (χ3v) is 3.83. The molecule has 4 rings (SSSR count). The fraction of sp³-hybridized carbons (Fsp3) is 0.188. The summed E-state index contributed by atoms with van der Waals surface area (Å²) in [5.41, 5.74) is 4.95. The Balaban J connectivity index is 1.65. The quantitative estimate of drug-likeness (QED) is 0.727. The van der Waals surface area contributed by atoms with Crippen LogP contribution >= 0.6 is 0 Å². The van der Waals surface area contributed by atoms with E-state index < -0.39 is 0 Å². The van der Waals surface area contributed by atoms with Gasteiger partial charge in [0.1, 0.15) is 0 Å². The number of aromatic amines is 1. The van der Waals surface area contributed by atoms with Gasteiger partial charge in [0.25, 0.3) is 0 Å². The van der Waals surface area contributed by atoms with Crippen LogP contribution in [0.2, 0.25) is 0 Å². The van der Waals surface area contributed by atoms with Crippen LogP contribution in [0, 0.1) is 0 Å². The van der Waals surface area contributed by atoms with Crippen molar-refractivity contribution >= 4 is 17.0 Å². The predicted octanol–water partition coefficient (Wildman–Crippen LogP) is 3.66. The van der Waals surface area contributed by atoms with Crippen molar-refractivity contribution in [2.24, 2.45) is 0 Å². The molecule has 1 aliphatic carbocycles. The Morgan fingerprint density at radius 2 is 1.89 bits per heavy atom. The molecule has 2 aromatic carbocycles. The van der Waals surface area contributed by atoms with E-state index >= 15 is 0 Å². The molecule has 0 saturated heterocycles. The van der Waals surface area contributed by atoms with Gasteiger partial charge in [-0.15, -0.1) is 0 Å². The number of para-hydroxylation sites is 2. The molecular formula is C16H15N3. The molecule has 1 unspecified atom stereocenters. The molecular weight excluding hydrogens is 234 g/mol. The molecule has 1 aromatic heterocycles. The average Bonchev–Trinajstić information content (AvgIpc) is 3.03. The molecule has 94 valence electrons. The largest absolute Gasteiger partial charge is 0.349 e. The van der Waals surface area contributed by atoms with Crippen molar-refractivity contribution in [2.45, 2.75) is 18.9 Å². The fourth-order valence-electron chi connectivity index (χ4n) is 2.89. The molecule has 3 aromatic rings. The molecule has 0 radical (unpaired) electrons. The van der Waals surface area contributed by atoms with Crippen LogP contribution in [0.1, 0.15) is 23.6 Å². The molecule has 0 fully saturated rings. The lowest BCUT2D eigenvalue weighted by Gasteiger charge is -2.12. The van der Waals surface area contributed by atoms with E-state index in [2.05, 4.69) is 45.6 Å². The van der Waals surface area contributed by atoms with Gasteiger partial charge < -0.3 is 10.3 Å². The van der Waals surface area contributed by atoms with E-state index in [0.717, 1.165) is 29.8 Å². The maximum absolute atomic E-state index is 4.58. The van der Waals surface area contributed by atoms with Gasteiger partial charge in [0.15, 0.2) is 0 Å². The van der Waals surface area contributed by atoms with Crippen molar-refractivity contribution in [3.63, 3.8) is 0 Å². The maximum atomic E-state index is 4.58. The van der Waals surface area contributed by atoms with Crippen LogP contribution in [0.3, 0.4) is 0 Å².